The van der Waals surface area contributed by atoms with Gasteiger partial charge < -0.3 is 19.1 Å². The molecule has 1 atom stereocenters. The van der Waals surface area contributed by atoms with E-state index in [0.29, 0.717) is 10.8 Å². The number of hydrogen-bond donors (Lipinski definition) is 0. The third-order valence-corrected chi connectivity index (χ3v) is 3.87. The molecular formula is C16H21Cl2NO5. The van der Waals surface area contributed by atoms with Gasteiger partial charge in [-0.2, -0.15) is 0 Å². The first-order valence-corrected chi connectivity index (χ1v) is 8.20. The third kappa shape index (κ3) is 6.19. The highest BCUT2D eigenvalue weighted by Crippen LogP contribution is 2.32. The molecule has 1 rings (SSSR count). The van der Waals surface area contributed by atoms with Crippen LogP contribution in [-0.2, 0) is 19.1 Å². The maximum atomic E-state index is 12.6. The molecule has 0 radical (unpaired) electrons. The molecule has 0 aliphatic heterocycles. The first-order chi connectivity index (χ1) is 11.4. The first-order valence-electron chi connectivity index (χ1n) is 7.44. The minimum atomic E-state index is -0.854. The molecule has 1 aromatic carbocycles. The summed E-state index contributed by atoms with van der Waals surface area (Å²) in [6.45, 7) is 3.87. The van der Waals surface area contributed by atoms with Crippen LogP contribution in [0.1, 0.15) is 13.8 Å². The van der Waals surface area contributed by atoms with Crippen molar-refractivity contribution in [3.05, 3.63) is 28.2 Å². The molecule has 0 aromatic heterocycles. The number of rotatable bonds is 9. The molecule has 0 fully saturated rings. The van der Waals surface area contributed by atoms with E-state index in [-0.39, 0.29) is 37.2 Å². The Hall–Kier alpha value is -1.50. The average molecular weight is 378 g/mol. The van der Waals surface area contributed by atoms with Crippen LogP contribution >= 0.6 is 23.2 Å². The third-order valence-electron chi connectivity index (χ3n) is 3.07. The highest BCUT2D eigenvalue weighted by atomic mass is 35.5. The summed E-state index contributed by atoms with van der Waals surface area (Å²) in [5, 5.41) is 0.559. The minimum Gasteiger partial charge on any atom is -0.479 e. The van der Waals surface area contributed by atoms with Crippen molar-refractivity contribution in [2.75, 3.05) is 33.4 Å². The van der Waals surface area contributed by atoms with Gasteiger partial charge in [-0.1, -0.05) is 29.3 Å². The number of benzene rings is 1. The normalized spacial score (nSPS) is 11.7. The second-order valence-corrected chi connectivity index (χ2v) is 5.65. The molecule has 0 spiro atoms. The molecule has 1 unspecified atom stereocenters. The van der Waals surface area contributed by atoms with Crippen LogP contribution in [-0.4, -0.2) is 56.3 Å². The van der Waals surface area contributed by atoms with Crippen molar-refractivity contribution in [3.8, 4) is 5.75 Å². The van der Waals surface area contributed by atoms with Crippen LogP contribution in [0, 0.1) is 0 Å². The van der Waals surface area contributed by atoms with Crippen molar-refractivity contribution < 1.29 is 23.8 Å². The molecule has 24 heavy (non-hydrogen) atoms. The summed E-state index contributed by atoms with van der Waals surface area (Å²) in [5.41, 5.74) is 0. The summed E-state index contributed by atoms with van der Waals surface area (Å²) in [7, 11) is 1.51. The lowest BCUT2D eigenvalue weighted by atomic mass is 10.3. The van der Waals surface area contributed by atoms with E-state index in [1.807, 2.05) is 0 Å². The molecular weight excluding hydrogens is 357 g/mol. The molecule has 0 saturated heterocycles. The Morgan fingerprint density at radius 1 is 1.29 bits per heavy atom. The molecule has 0 saturated carbocycles. The number of amides is 1. The molecule has 0 N–H and O–H groups in total. The molecule has 8 heteroatoms. The van der Waals surface area contributed by atoms with E-state index in [4.69, 9.17) is 37.4 Å². The van der Waals surface area contributed by atoms with Crippen LogP contribution in [0.25, 0.3) is 0 Å². The lowest BCUT2D eigenvalue weighted by Crippen LogP contribution is -2.45. The molecule has 1 amide bonds. The molecule has 0 aliphatic rings. The number of carbonyl (C=O) groups is 2. The number of ether oxygens (including phenoxy) is 3. The van der Waals surface area contributed by atoms with Gasteiger partial charge in [0.2, 0.25) is 0 Å². The van der Waals surface area contributed by atoms with Gasteiger partial charge >= 0.3 is 5.97 Å². The summed E-state index contributed by atoms with van der Waals surface area (Å²) in [4.78, 5) is 25.5. The van der Waals surface area contributed by atoms with Gasteiger partial charge in [-0.3, -0.25) is 9.59 Å². The second kappa shape index (κ2) is 10.4. The second-order valence-electron chi connectivity index (χ2n) is 4.87. The van der Waals surface area contributed by atoms with Crippen molar-refractivity contribution in [1.29, 1.82) is 0 Å². The number of methoxy groups -OCH3 is 1. The monoisotopic (exact) mass is 377 g/mol. The van der Waals surface area contributed by atoms with Gasteiger partial charge in [-0.15, -0.1) is 0 Å². The zero-order valence-corrected chi connectivity index (χ0v) is 15.4. The Balaban J connectivity index is 2.79. The van der Waals surface area contributed by atoms with E-state index < -0.39 is 12.1 Å². The molecule has 0 aliphatic carbocycles. The fourth-order valence-electron chi connectivity index (χ4n) is 1.90. The maximum Gasteiger partial charge on any atom is 0.325 e. The van der Waals surface area contributed by atoms with E-state index in [2.05, 4.69) is 0 Å². The van der Waals surface area contributed by atoms with Crippen molar-refractivity contribution in [1.82, 2.24) is 4.90 Å². The quantitative estimate of drug-likeness (QED) is 0.619. The highest BCUT2D eigenvalue weighted by Gasteiger charge is 2.25. The summed E-state index contributed by atoms with van der Waals surface area (Å²) >= 11 is 12.0. The van der Waals surface area contributed by atoms with E-state index in [1.165, 1.54) is 12.0 Å². The van der Waals surface area contributed by atoms with Gasteiger partial charge in [0.05, 0.1) is 18.2 Å². The number of carbonyl (C=O) groups excluding carboxylic acids is 2. The summed E-state index contributed by atoms with van der Waals surface area (Å²) in [5.74, 6) is -0.570. The molecule has 6 nitrogen and oxygen atoms in total. The van der Waals surface area contributed by atoms with E-state index >= 15 is 0 Å². The minimum absolute atomic E-state index is 0.174. The fraction of sp³-hybridized carbons (Fsp3) is 0.500. The number of esters is 1. The van der Waals surface area contributed by atoms with Gasteiger partial charge in [0.25, 0.3) is 5.91 Å². The number of hydrogen-bond acceptors (Lipinski definition) is 5. The van der Waals surface area contributed by atoms with Crippen molar-refractivity contribution in [2.45, 2.75) is 20.0 Å². The predicted molar refractivity (Wildman–Crippen MR) is 91.6 cm³/mol. The van der Waals surface area contributed by atoms with E-state index in [0.717, 1.165) is 0 Å². The highest BCUT2D eigenvalue weighted by molar-refractivity contribution is 6.42. The zero-order chi connectivity index (χ0) is 18.1. The fourth-order valence-corrected chi connectivity index (χ4v) is 2.24. The van der Waals surface area contributed by atoms with Crippen LogP contribution < -0.4 is 4.74 Å². The molecule has 1 aromatic rings. The average Bonchev–Trinajstić information content (AvgIpc) is 2.55. The van der Waals surface area contributed by atoms with Gasteiger partial charge in [-0.05, 0) is 26.0 Å². The van der Waals surface area contributed by atoms with Crippen molar-refractivity contribution in [3.63, 3.8) is 0 Å². The SMILES string of the molecule is CCOC(=O)CN(CCOC)C(=O)C(C)Oc1cccc(Cl)c1Cl. The Morgan fingerprint density at radius 2 is 2.00 bits per heavy atom. The predicted octanol–water partition coefficient (Wildman–Crippen LogP) is 2.80. The largest absolute Gasteiger partial charge is 0.479 e. The van der Waals surface area contributed by atoms with Gasteiger partial charge in [0.1, 0.15) is 17.3 Å². The van der Waals surface area contributed by atoms with E-state index in [9.17, 15) is 9.59 Å². The Labute approximate surface area is 151 Å². The Morgan fingerprint density at radius 3 is 2.62 bits per heavy atom. The Bertz CT molecular complexity index is 567. The van der Waals surface area contributed by atoms with Crippen LogP contribution in [0.5, 0.6) is 5.75 Å². The first kappa shape index (κ1) is 20.5. The lowest BCUT2D eigenvalue weighted by Gasteiger charge is -2.25. The molecule has 0 heterocycles. The van der Waals surface area contributed by atoms with Crippen LogP contribution in [0.3, 0.4) is 0 Å². The topological polar surface area (TPSA) is 65.1 Å². The summed E-state index contributed by atoms with van der Waals surface area (Å²) in [6, 6.07) is 4.90. The number of halogens is 2. The van der Waals surface area contributed by atoms with Crippen molar-refractivity contribution in [2.24, 2.45) is 0 Å². The zero-order valence-electron chi connectivity index (χ0n) is 13.9. The van der Waals surface area contributed by atoms with Gasteiger partial charge in [0.15, 0.2) is 6.10 Å². The van der Waals surface area contributed by atoms with Gasteiger partial charge in [0, 0.05) is 13.7 Å². The summed E-state index contributed by atoms with van der Waals surface area (Å²) in [6.07, 6.45) is -0.854. The van der Waals surface area contributed by atoms with E-state index in [1.54, 1.807) is 32.0 Å². The van der Waals surface area contributed by atoms with Crippen LogP contribution in [0.15, 0.2) is 18.2 Å². The maximum absolute atomic E-state index is 12.6. The number of nitrogens with zero attached hydrogens (tertiary/aromatic N) is 1. The lowest BCUT2D eigenvalue weighted by molar-refractivity contribution is -0.151. The molecule has 134 valence electrons. The van der Waals surface area contributed by atoms with Crippen LogP contribution in [0.4, 0.5) is 0 Å². The Kier molecular flexibility index (Phi) is 8.89. The molecule has 0 bridgehead atoms. The van der Waals surface area contributed by atoms with Crippen molar-refractivity contribution >= 4 is 35.1 Å². The van der Waals surface area contributed by atoms with Crippen LogP contribution in [0.2, 0.25) is 10.0 Å². The standard InChI is InChI=1S/C16H21Cl2NO5/c1-4-23-14(20)10-19(8-9-22-3)16(21)11(2)24-13-7-5-6-12(17)15(13)18/h5-7,11H,4,8-10H2,1-3H3. The smallest absolute Gasteiger partial charge is 0.325 e. The summed E-state index contributed by atoms with van der Waals surface area (Å²) < 4.78 is 15.4. The van der Waals surface area contributed by atoms with Gasteiger partial charge in [-0.25, -0.2) is 0 Å².